The van der Waals surface area contributed by atoms with E-state index in [1.54, 1.807) is 0 Å². The summed E-state index contributed by atoms with van der Waals surface area (Å²) in [5.74, 6) is 0.339. The van der Waals surface area contributed by atoms with Gasteiger partial charge < -0.3 is 9.84 Å². The maximum absolute atomic E-state index is 10.7. The number of pyridine rings is 1. The summed E-state index contributed by atoms with van der Waals surface area (Å²) in [6.07, 6.45) is 4.66. The Morgan fingerprint density at radius 1 is 1.18 bits per heavy atom. The lowest BCUT2D eigenvalue weighted by molar-refractivity contribution is -0.131. The third-order valence-corrected chi connectivity index (χ3v) is 5.38. The molecule has 0 aliphatic rings. The molecule has 0 amide bonds. The van der Waals surface area contributed by atoms with E-state index in [-0.39, 0.29) is 0 Å². The van der Waals surface area contributed by atoms with Crippen molar-refractivity contribution in [3.63, 3.8) is 0 Å². The highest BCUT2D eigenvalue weighted by atomic mass is 79.9. The van der Waals surface area contributed by atoms with Gasteiger partial charge in [0.05, 0.1) is 14.5 Å². The van der Waals surface area contributed by atoms with Crippen molar-refractivity contribution >= 4 is 54.8 Å². The van der Waals surface area contributed by atoms with Crippen LogP contribution in [0.15, 0.2) is 51.4 Å². The average molecular weight is 505 g/mol. The summed E-state index contributed by atoms with van der Waals surface area (Å²) in [6, 6.07) is 11.6. The number of aryl methyl sites for hydroxylation is 2. The topological polar surface area (TPSA) is 59.4 Å². The van der Waals surface area contributed by atoms with Crippen molar-refractivity contribution in [3.05, 3.63) is 68.2 Å². The molecule has 28 heavy (non-hydrogen) atoms. The maximum atomic E-state index is 10.7. The van der Waals surface area contributed by atoms with E-state index < -0.39 is 5.97 Å². The molecule has 0 unspecified atom stereocenters. The molecule has 0 aliphatic heterocycles. The van der Waals surface area contributed by atoms with Crippen molar-refractivity contribution in [1.29, 1.82) is 0 Å². The number of carbonyl (C=O) groups is 1. The van der Waals surface area contributed by atoms with E-state index in [9.17, 15) is 4.79 Å². The van der Waals surface area contributed by atoms with Gasteiger partial charge in [0.15, 0.2) is 5.75 Å². The Balaban J connectivity index is 1.93. The van der Waals surface area contributed by atoms with Crippen LogP contribution >= 0.6 is 31.9 Å². The fourth-order valence-electron chi connectivity index (χ4n) is 2.95. The van der Waals surface area contributed by atoms with E-state index in [4.69, 9.17) is 14.8 Å². The van der Waals surface area contributed by atoms with Gasteiger partial charge in [-0.25, -0.2) is 4.79 Å². The predicted molar refractivity (Wildman–Crippen MR) is 119 cm³/mol. The van der Waals surface area contributed by atoms with Crippen LogP contribution in [0.25, 0.3) is 17.0 Å². The minimum absolute atomic E-state index is 0.625. The van der Waals surface area contributed by atoms with Crippen LogP contribution < -0.4 is 4.74 Å². The highest BCUT2D eigenvalue weighted by Crippen LogP contribution is 2.39. The van der Waals surface area contributed by atoms with Crippen LogP contribution in [-0.2, 0) is 11.2 Å². The third kappa shape index (κ3) is 4.80. The standard InChI is InChI=1S/C22H19Br2NO3/c1-3-4-15-9-13(2)17-12-16(6-7-20(17)25-15)28-22-18(23)10-14(11-19(22)24)5-8-21(26)27/h5-12H,3-4H2,1-2H3,(H,26,27)/b8-5+. The van der Waals surface area contributed by atoms with Crippen molar-refractivity contribution in [2.75, 3.05) is 0 Å². The second kappa shape index (κ2) is 8.88. The van der Waals surface area contributed by atoms with Crippen LogP contribution in [0, 0.1) is 6.92 Å². The van der Waals surface area contributed by atoms with Gasteiger partial charge in [-0.05, 0) is 98.8 Å². The Morgan fingerprint density at radius 2 is 1.89 bits per heavy atom. The van der Waals surface area contributed by atoms with Crippen molar-refractivity contribution in [2.24, 2.45) is 0 Å². The largest absolute Gasteiger partial charge is 0.478 e. The van der Waals surface area contributed by atoms with Crippen molar-refractivity contribution in [3.8, 4) is 11.5 Å². The number of carboxylic acids is 1. The average Bonchev–Trinajstić information content (AvgIpc) is 2.63. The summed E-state index contributed by atoms with van der Waals surface area (Å²) in [5.41, 5.74) is 3.99. The minimum Gasteiger partial charge on any atom is -0.478 e. The molecule has 1 N–H and O–H groups in total. The van der Waals surface area contributed by atoms with E-state index in [1.807, 2.05) is 30.3 Å². The van der Waals surface area contributed by atoms with E-state index in [1.165, 1.54) is 11.6 Å². The van der Waals surface area contributed by atoms with Gasteiger partial charge in [-0.3, -0.25) is 4.98 Å². The summed E-state index contributed by atoms with van der Waals surface area (Å²) >= 11 is 7.01. The number of nitrogens with zero attached hydrogens (tertiary/aromatic N) is 1. The van der Waals surface area contributed by atoms with Gasteiger partial charge >= 0.3 is 5.97 Å². The number of aromatic nitrogens is 1. The molecule has 0 spiro atoms. The first-order valence-corrected chi connectivity index (χ1v) is 10.4. The fourth-order valence-corrected chi connectivity index (χ4v) is 4.33. The number of aliphatic carboxylic acids is 1. The molecule has 4 nitrogen and oxygen atoms in total. The Morgan fingerprint density at radius 3 is 2.54 bits per heavy atom. The number of hydrogen-bond donors (Lipinski definition) is 1. The number of carboxylic acid groups (broad SMARTS) is 1. The number of fused-ring (bicyclic) bond motifs is 1. The predicted octanol–water partition coefficient (Wildman–Crippen LogP) is 6.91. The lowest BCUT2D eigenvalue weighted by Crippen LogP contribution is -1.94. The van der Waals surface area contributed by atoms with Crippen LogP contribution in [0.3, 0.4) is 0 Å². The molecule has 0 atom stereocenters. The Kier molecular flexibility index (Phi) is 6.52. The van der Waals surface area contributed by atoms with Crippen LogP contribution in [-0.4, -0.2) is 16.1 Å². The second-order valence-corrected chi connectivity index (χ2v) is 8.16. The summed E-state index contributed by atoms with van der Waals surface area (Å²) in [5, 5.41) is 9.84. The highest BCUT2D eigenvalue weighted by Gasteiger charge is 2.11. The third-order valence-electron chi connectivity index (χ3n) is 4.21. The van der Waals surface area contributed by atoms with Crippen LogP contribution in [0.5, 0.6) is 11.5 Å². The first-order valence-electron chi connectivity index (χ1n) is 8.85. The molecular formula is C22H19Br2NO3. The van der Waals surface area contributed by atoms with Gasteiger partial charge in [0.1, 0.15) is 5.75 Å². The van der Waals surface area contributed by atoms with Crippen LogP contribution in [0.2, 0.25) is 0 Å². The molecular weight excluding hydrogens is 486 g/mol. The maximum Gasteiger partial charge on any atom is 0.328 e. The molecule has 0 saturated heterocycles. The quantitative estimate of drug-likeness (QED) is 0.370. The zero-order chi connectivity index (χ0) is 20.3. The Hall–Kier alpha value is -2.18. The van der Waals surface area contributed by atoms with E-state index in [2.05, 4.69) is 51.8 Å². The van der Waals surface area contributed by atoms with E-state index >= 15 is 0 Å². The van der Waals surface area contributed by atoms with Crippen LogP contribution in [0.4, 0.5) is 0 Å². The summed E-state index contributed by atoms with van der Waals surface area (Å²) in [4.78, 5) is 15.4. The smallest absolute Gasteiger partial charge is 0.328 e. The Bertz CT molecular complexity index is 1050. The molecule has 0 saturated carbocycles. The molecule has 0 radical (unpaired) electrons. The molecule has 144 valence electrons. The van der Waals surface area contributed by atoms with Crippen LogP contribution in [0.1, 0.15) is 30.2 Å². The number of ether oxygens (including phenoxy) is 1. The van der Waals surface area contributed by atoms with Crippen molar-refractivity contribution < 1.29 is 14.6 Å². The number of rotatable bonds is 6. The van der Waals surface area contributed by atoms with Crippen molar-refractivity contribution in [1.82, 2.24) is 4.98 Å². The van der Waals surface area contributed by atoms with Gasteiger partial charge in [-0.1, -0.05) is 13.3 Å². The van der Waals surface area contributed by atoms with Gasteiger partial charge in [0.2, 0.25) is 0 Å². The molecule has 2 aromatic carbocycles. The zero-order valence-corrected chi connectivity index (χ0v) is 18.7. The molecule has 1 aromatic heterocycles. The lowest BCUT2D eigenvalue weighted by Gasteiger charge is -2.13. The van der Waals surface area contributed by atoms with Gasteiger partial charge in [0.25, 0.3) is 0 Å². The van der Waals surface area contributed by atoms with Gasteiger partial charge in [-0.15, -0.1) is 0 Å². The normalized spacial score (nSPS) is 11.3. The molecule has 0 aliphatic carbocycles. The number of hydrogen-bond acceptors (Lipinski definition) is 3. The second-order valence-electron chi connectivity index (χ2n) is 6.45. The number of halogens is 2. The van der Waals surface area contributed by atoms with Gasteiger partial charge in [0, 0.05) is 17.2 Å². The monoisotopic (exact) mass is 503 g/mol. The summed E-state index contributed by atoms with van der Waals surface area (Å²) in [6.45, 7) is 4.24. The lowest BCUT2D eigenvalue weighted by atomic mass is 10.1. The first-order chi connectivity index (χ1) is 13.4. The molecule has 0 fully saturated rings. The summed E-state index contributed by atoms with van der Waals surface area (Å²) < 4.78 is 7.54. The molecule has 3 aromatic rings. The van der Waals surface area contributed by atoms with E-state index in [0.717, 1.165) is 50.0 Å². The van der Waals surface area contributed by atoms with Gasteiger partial charge in [-0.2, -0.15) is 0 Å². The Labute approximate surface area is 180 Å². The first kappa shape index (κ1) is 20.6. The molecule has 6 heteroatoms. The molecule has 0 bridgehead atoms. The fraction of sp³-hybridized carbons (Fsp3) is 0.182. The van der Waals surface area contributed by atoms with E-state index in [0.29, 0.717) is 11.5 Å². The number of benzene rings is 2. The zero-order valence-electron chi connectivity index (χ0n) is 15.5. The molecule has 1 heterocycles. The molecule has 3 rings (SSSR count). The SMILES string of the molecule is CCCc1cc(C)c2cc(Oc3c(Br)cc(/C=C/C(=O)O)cc3Br)ccc2n1. The minimum atomic E-state index is -0.991. The summed E-state index contributed by atoms with van der Waals surface area (Å²) in [7, 11) is 0. The van der Waals surface area contributed by atoms with Crippen molar-refractivity contribution in [2.45, 2.75) is 26.7 Å². The highest BCUT2D eigenvalue weighted by molar-refractivity contribution is 9.11.